The summed E-state index contributed by atoms with van der Waals surface area (Å²) in [5.41, 5.74) is 2.33. The van der Waals surface area contributed by atoms with Crippen LogP contribution in [0.5, 0.6) is 0 Å². The molecule has 7 heteroatoms. The molecule has 1 heterocycles. The van der Waals surface area contributed by atoms with E-state index in [9.17, 15) is 14.4 Å². The molecule has 0 saturated carbocycles. The number of aromatic amines is 2. The zero-order valence-corrected chi connectivity index (χ0v) is 13.3. The van der Waals surface area contributed by atoms with Gasteiger partial charge >= 0.3 is 11.7 Å². The highest BCUT2D eigenvalue weighted by atomic mass is 16.4. The van der Waals surface area contributed by atoms with Gasteiger partial charge in [-0.25, -0.2) is 4.79 Å². The number of aliphatic carboxylic acids is 1. The minimum absolute atomic E-state index is 0.0609. The van der Waals surface area contributed by atoms with Crippen molar-refractivity contribution < 1.29 is 14.7 Å². The zero-order chi connectivity index (χ0) is 17.0. The highest BCUT2D eigenvalue weighted by molar-refractivity contribution is 5.77. The number of nitrogens with one attached hydrogen (secondary N) is 2. The lowest BCUT2D eigenvalue weighted by molar-refractivity contribution is -0.142. The van der Waals surface area contributed by atoms with E-state index in [2.05, 4.69) is 9.97 Å². The van der Waals surface area contributed by atoms with Crippen molar-refractivity contribution in [1.29, 1.82) is 0 Å². The molecule has 1 aromatic heterocycles. The average Bonchev–Trinajstić information content (AvgIpc) is 2.86. The van der Waals surface area contributed by atoms with Crippen LogP contribution in [0.4, 0.5) is 0 Å². The van der Waals surface area contributed by atoms with Crippen molar-refractivity contribution >= 4 is 22.9 Å². The summed E-state index contributed by atoms with van der Waals surface area (Å²) in [6.07, 6.45) is 1.76. The van der Waals surface area contributed by atoms with Crippen molar-refractivity contribution in [1.82, 2.24) is 14.9 Å². The molecule has 0 aliphatic heterocycles. The van der Waals surface area contributed by atoms with E-state index in [1.165, 1.54) is 4.90 Å². The van der Waals surface area contributed by atoms with E-state index < -0.39 is 11.9 Å². The van der Waals surface area contributed by atoms with Gasteiger partial charge in [-0.15, -0.1) is 0 Å². The molecule has 0 radical (unpaired) electrons. The van der Waals surface area contributed by atoms with Crippen LogP contribution in [0, 0.1) is 5.92 Å². The molecular weight excluding hydrogens is 298 g/mol. The Labute approximate surface area is 133 Å². The van der Waals surface area contributed by atoms with Crippen LogP contribution in [-0.4, -0.2) is 45.4 Å². The van der Waals surface area contributed by atoms with Gasteiger partial charge in [0.25, 0.3) is 0 Å². The number of imidazole rings is 1. The number of benzene rings is 1. The fourth-order valence-corrected chi connectivity index (χ4v) is 2.46. The molecule has 0 aliphatic carbocycles. The minimum atomic E-state index is -0.904. The number of amides is 1. The van der Waals surface area contributed by atoms with E-state index in [0.29, 0.717) is 12.8 Å². The van der Waals surface area contributed by atoms with E-state index in [4.69, 9.17) is 5.11 Å². The molecule has 0 aliphatic rings. The Bertz CT molecular complexity index is 762. The number of H-pyrrole nitrogens is 2. The van der Waals surface area contributed by atoms with Gasteiger partial charge in [-0.1, -0.05) is 13.0 Å². The van der Waals surface area contributed by atoms with E-state index in [1.54, 1.807) is 14.0 Å². The van der Waals surface area contributed by atoms with Gasteiger partial charge in [0.15, 0.2) is 0 Å². The molecule has 0 spiro atoms. The number of carboxylic acid groups (broad SMARTS) is 1. The van der Waals surface area contributed by atoms with Gasteiger partial charge in [-0.2, -0.15) is 0 Å². The number of rotatable bonds is 7. The Kier molecular flexibility index (Phi) is 5.20. The molecule has 2 aromatic rings. The number of hydrogen-bond donors (Lipinski definition) is 3. The molecule has 124 valence electrons. The summed E-state index contributed by atoms with van der Waals surface area (Å²) in [5.74, 6) is -1.54. The van der Waals surface area contributed by atoms with Crippen molar-refractivity contribution in [3.63, 3.8) is 0 Å². The van der Waals surface area contributed by atoms with Crippen LogP contribution in [0.2, 0.25) is 0 Å². The molecule has 3 N–H and O–H groups in total. The highest BCUT2D eigenvalue weighted by Crippen LogP contribution is 2.13. The van der Waals surface area contributed by atoms with Crippen molar-refractivity contribution in [2.24, 2.45) is 5.92 Å². The Morgan fingerprint density at radius 3 is 2.65 bits per heavy atom. The van der Waals surface area contributed by atoms with Crippen LogP contribution in [0.1, 0.15) is 25.3 Å². The first kappa shape index (κ1) is 16.8. The predicted molar refractivity (Wildman–Crippen MR) is 86.3 cm³/mol. The van der Waals surface area contributed by atoms with Crippen molar-refractivity contribution in [3.8, 4) is 0 Å². The standard InChI is InChI=1S/C16H21N3O4/c1-10(15(21)22)9-19(2)14(20)5-3-4-11-6-7-12-13(8-11)18-16(23)17-12/h6-8,10H,3-5,9H2,1-2H3,(H,21,22)(H2,17,18,23). The summed E-state index contributed by atoms with van der Waals surface area (Å²) < 4.78 is 0. The van der Waals surface area contributed by atoms with Crippen LogP contribution in [0.25, 0.3) is 11.0 Å². The summed E-state index contributed by atoms with van der Waals surface area (Å²) in [7, 11) is 1.62. The molecule has 1 amide bonds. The number of carbonyl (C=O) groups excluding carboxylic acids is 1. The molecule has 0 fully saturated rings. The van der Waals surface area contributed by atoms with Crippen LogP contribution in [0.15, 0.2) is 23.0 Å². The summed E-state index contributed by atoms with van der Waals surface area (Å²) in [4.78, 5) is 40.9. The van der Waals surface area contributed by atoms with E-state index in [0.717, 1.165) is 23.0 Å². The number of fused-ring (bicyclic) bond motifs is 1. The van der Waals surface area contributed by atoms with Gasteiger partial charge in [0.2, 0.25) is 5.91 Å². The Morgan fingerprint density at radius 2 is 1.96 bits per heavy atom. The number of carboxylic acids is 1. The highest BCUT2D eigenvalue weighted by Gasteiger charge is 2.17. The second-order valence-corrected chi connectivity index (χ2v) is 5.83. The summed E-state index contributed by atoms with van der Waals surface area (Å²) in [6.45, 7) is 1.80. The first-order valence-electron chi connectivity index (χ1n) is 7.54. The van der Waals surface area contributed by atoms with Gasteiger partial charge in [0.1, 0.15) is 0 Å². The molecule has 1 unspecified atom stereocenters. The van der Waals surface area contributed by atoms with Crippen LogP contribution in [-0.2, 0) is 16.0 Å². The quantitative estimate of drug-likeness (QED) is 0.716. The van der Waals surface area contributed by atoms with Gasteiger partial charge in [0.05, 0.1) is 17.0 Å². The largest absolute Gasteiger partial charge is 0.481 e. The molecule has 1 aromatic carbocycles. The maximum Gasteiger partial charge on any atom is 0.323 e. The van der Waals surface area contributed by atoms with Gasteiger partial charge < -0.3 is 20.0 Å². The fourth-order valence-electron chi connectivity index (χ4n) is 2.46. The van der Waals surface area contributed by atoms with Crippen molar-refractivity contribution in [2.45, 2.75) is 26.2 Å². The third kappa shape index (κ3) is 4.45. The first-order valence-corrected chi connectivity index (χ1v) is 7.54. The van der Waals surface area contributed by atoms with Gasteiger partial charge in [-0.05, 0) is 30.5 Å². The Balaban J connectivity index is 1.84. The molecule has 7 nitrogen and oxygen atoms in total. The van der Waals surface area contributed by atoms with Crippen molar-refractivity contribution in [2.75, 3.05) is 13.6 Å². The number of hydrogen-bond acceptors (Lipinski definition) is 3. The summed E-state index contributed by atoms with van der Waals surface area (Å²) >= 11 is 0. The maximum atomic E-state index is 12.0. The normalized spacial score (nSPS) is 12.3. The van der Waals surface area contributed by atoms with E-state index in [1.807, 2.05) is 18.2 Å². The third-order valence-electron chi connectivity index (χ3n) is 3.83. The smallest absolute Gasteiger partial charge is 0.323 e. The number of aromatic nitrogens is 2. The van der Waals surface area contributed by atoms with Gasteiger partial charge in [-0.3, -0.25) is 9.59 Å². The van der Waals surface area contributed by atoms with Gasteiger partial charge in [0, 0.05) is 20.0 Å². The van der Waals surface area contributed by atoms with Crippen LogP contribution < -0.4 is 5.69 Å². The lowest BCUT2D eigenvalue weighted by atomic mass is 10.1. The lowest BCUT2D eigenvalue weighted by Gasteiger charge is -2.19. The van der Waals surface area contributed by atoms with Crippen LogP contribution >= 0.6 is 0 Å². The van der Waals surface area contributed by atoms with Crippen LogP contribution in [0.3, 0.4) is 0 Å². The Hall–Kier alpha value is -2.57. The number of carbonyl (C=O) groups is 2. The number of aryl methyl sites for hydroxylation is 1. The molecule has 23 heavy (non-hydrogen) atoms. The lowest BCUT2D eigenvalue weighted by Crippen LogP contribution is -2.33. The van der Waals surface area contributed by atoms with E-state index in [-0.39, 0.29) is 18.1 Å². The predicted octanol–water partition coefficient (Wildman–Crippen LogP) is 1.36. The molecule has 1 atom stereocenters. The fraction of sp³-hybridized carbons (Fsp3) is 0.438. The summed E-state index contributed by atoms with van der Waals surface area (Å²) in [6, 6.07) is 5.66. The zero-order valence-electron chi connectivity index (χ0n) is 13.3. The molecule has 0 bridgehead atoms. The minimum Gasteiger partial charge on any atom is -0.481 e. The topological polar surface area (TPSA) is 106 Å². The molecule has 0 saturated heterocycles. The SMILES string of the molecule is CC(CN(C)C(=O)CCCc1ccc2[nH]c(=O)[nH]c2c1)C(=O)O. The number of nitrogens with zero attached hydrogens (tertiary/aromatic N) is 1. The van der Waals surface area contributed by atoms with E-state index >= 15 is 0 Å². The second kappa shape index (κ2) is 7.13. The first-order chi connectivity index (χ1) is 10.9. The Morgan fingerprint density at radius 1 is 1.26 bits per heavy atom. The average molecular weight is 319 g/mol. The molecule has 2 rings (SSSR count). The summed E-state index contributed by atoms with van der Waals surface area (Å²) in [5, 5.41) is 8.86. The third-order valence-corrected chi connectivity index (χ3v) is 3.83. The maximum absolute atomic E-state index is 12.0. The second-order valence-electron chi connectivity index (χ2n) is 5.83. The monoisotopic (exact) mass is 319 g/mol. The van der Waals surface area contributed by atoms with Crippen molar-refractivity contribution in [3.05, 3.63) is 34.2 Å². The molecular formula is C16H21N3O4.